The maximum absolute atomic E-state index is 13.1. The minimum atomic E-state index is -5.00. The average molecular weight is 1530 g/mol. The lowest BCUT2D eigenvalue weighted by Crippen LogP contribution is -2.30. The number of carbonyl (C=O) groups excluding carboxylic acids is 4. The van der Waals surface area contributed by atoms with Crippen LogP contribution in [0.4, 0.5) is 0 Å². The highest BCUT2D eigenvalue weighted by atomic mass is 31.2. The third kappa shape index (κ3) is 77.4. The number of aliphatic hydroxyl groups excluding tert-OH is 1. The van der Waals surface area contributed by atoms with Gasteiger partial charge in [-0.1, -0.05) is 341 Å². The van der Waals surface area contributed by atoms with E-state index in [-0.39, 0.29) is 25.7 Å². The molecule has 0 bridgehead atoms. The fourth-order valence-electron chi connectivity index (χ4n) is 10.9. The van der Waals surface area contributed by atoms with Gasteiger partial charge >= 0.3 is 39.5 Å². The van der Waals surface area contributed by atoms with Gasteiger partial charge in [0.1, 0.15) is 19.3 Å². The van der Waals surface area contributed by atoms with Crippen molar-refractivity contribution in [1.82, 2.24) is 0 Å². The van der Waals surface area contributed by atoms with Gasteiger partial charge in [0.05, 0.1) is 26.4 Å². The number of hydrogen-bond acceptors (Lipinski definition) is 15. The van der Waals surface area contributed by atoms with Crippen LogP contribution in [0.3, 0.4) is 0 Å². The lowest BCUT2D eigenvalue weighted by molar-refractivity contribution is -0.161. The molecule has 0 aromatic heterocycles. The molecule has 0 aliphatic rings. The summed E-state index contributed by atoms with van der Waals surface area (Å²) in [5.41, 5.74) is 0. The van der Waals surface area contributed by atoms with E-state index in [1.807, 2.05) is 30.4 Å². The minimum absolute atomic E-state index is 0.0349. The van der Waals surface area contributed by atoms with E-state index >= 15 is 0 Å². The van der Waals surface area contributed by atoms with Crippen molar-refractivity contribution in [2.45, 2.75) is 354 Å². The fourth-order valence-corrected chi connectivity index (χ4v) is 12.5. The van der Waals surface area contributed by atoms with Gasteiger partial charge < -0.3 is 33.8 Å². The molecule has 0 saturated heterocycles. The van der Waals surface area contributed by atoms with Gasteiger partial charge in [0, 0.05) is 25.7 Å². The van der Waals surface area contributed by atoms with Crippen LogP contribution in [-0.4, -0.2) is 96.7 Å². The first-order chi connectivity index (χ1) is 51.7. The maximum atomic E-state index is 13.1. The van der Waals surface area contributed by atoms with Gasteiger partial charge in [-0.2, -0.15) is 0 Å². The molecule has 19 heteroatoms. The van der Waals surface area contributed by atoms with E-state index in [9.17, 15) is 43.2 Å². The lowest BCUT2D eigenvalue weighted by atomic mass is 10.0. The molecule has 608 valence electrons. The molecule has 106 heavy (non-hydrogen) atoms. The number of carbonyl (C=O) groups is 4. The highest BCUT2D eigenvalue weighted by Crippen LogP contribution is 2.45. The van der Waals surface area contributed by atoms with Crippen LogP contribution in [0.15, 0.2) is 134 Å². The van der Waals surface area contributed by atoms with Crippen molar-refractivity contribution in [3.8, 4) is 0 Å². The Hall–Kier alpha value is -4.80. The molecular formula is C87H148O17P2. The van der Waals surface area contributed by atoms with Crippen LogP contribution in [0.2, 0.25) is 0 Å². The van der Waals surface area contributed by atoms with Crippen molar-refractivity contribution in [2.24, 2.45) is 0 Å². The minimum Gasteiger partial charge on any atom is -0.462 e. The Morgan fingerprint density at radius 3 is 0.802 bits per heavy atom. The smallest absolute Gasteiger partial charge is 0.462 e. The van der Waals surface area contributed by atoms with Crippen molar-refractivity contribution < 1.29 is 80.2 Å². The predicted molar refractivity (Wildman–Crippen MR) is 436 cm³/mol. The molecule has 0 fully saturated rings. The number of aliphatic hydroxyl groups is 1. The van der Waals surface area contributed by atoms with Crippen LogP contribution >= 0.6 is 15.6 Å². The maximum Gasteiger partial charge on any atom is 0.472 e. The molecule has 0 saturated carbocycles. The van der Waals surface area contributed by atoms with Crippen LogP contribution in [0.5, 0.6) is 0 Å². The summed E-state index contributed by atoms with van der Waals surface area (Å²) in [6.45, 7) is 4.55. The zero-order valence-electron chi connectivity index (χ0n) is 66.6. The van der Waals surface area contributed by atoms with Gasteiger partial charge in [0.15, 0.2) is 12.2 Å². The molecule has 0 radical (unpaired) electrons. The first-order valence-electron chi connectivity index (χ1n) is 41.4. The Bertz CT molecular complexity index is 2530. The number of hydrogen-bond donors (Lipinski definition) is 3. The standard InChI is InChI=1S/C87H148O17P2/c1-5-9-13-17-21-25-29-33-37-39-40-42-46-48-52-56-60-64-68-72-85(90)98-78-83(104-87(92)74-70-66-62-58-54-50-44-36-32-28-24-20-16-12-8-4)80-102-106(95,96)100-76-81(88)75-99-105(93,94)101-79-82(103-86(91)73-69-65-61-57-53-49-43-35-31-27-23-19-15-11-7-3)77-97-84(89)71-67-63-59-55-51-47-45-41-38-34-30-26-22-18-14-10-6-2/h9-10,13-14,21-22,25-26,33-34,37-38,40,42,45,47-48,52,55,59-60,64,81-83,88H,5-8,11-12,15-20,23-24,27-32,35-36,39,41,43-44,46,49-51,53-54,56-58,61-63,65-80H2,1-4H3,(H,93,94)(H,95,96)/b13-9-,14-10-,25-21-,26-22-,37-33-,38-34-,42-40-,47-45-,52-48-,59-55-,64-60-. The van der Waals surface area contributed by atoms with Gasteiger partial charge in [-0.15, -0.1) is 0 Å². The van der Waals surface area contributed by atoms with Crippen molar-refractivity contribution in [2.75, 3.05) is 39.6 Å². The van der Waals surface area contributed by atoms with E-state index in [1.54, 1.807) is 0 Å². The summed E-state index contributed by atoms with van der Waals surface area (Å²) in [5.74, 6) is -2.33. The second kappa shape index (κ2) is 78.3. The largest absolute Gasteiger partial charge is 0.472 e. The number of allylic oxidation sites excluding steroid dienone is 22. The quantitative estimate of drug-likeness (QED) is 0.0169. The number of phosphoric ester groups is 2. The van der Waals surface area contributed by atoms with Crippen LogP contribution < -0.4 is 0 Å². The highest BCUT2D eigenvalue weighted by molar-refractivity contribution is 7.47. The number of phosphoric acid groups is 2. The van der Waals surface area contributed by atoms with Crippen LogP contribution in [0.1, 0.15) is 336 Å². The first kappa shape index (κ1) is 101. The topological polar surface area (TPSA) is 237 Å². The Balaban J connectivity index is 5.46. The molecule has 0 spiro atoms. The third-order valence-electron chi connectivity index (χ3n) is 17.2. The molecule has 0 aromatic rings. The van der Waals surface area contributed by atoms with Gasteiger partial charge in [0.2, 0.25) is 0 Å². The first-order valence-corrected chi connectivity index (χ1v) is 44.4. The normalized spacial score (nSPS) is 14.5. The zero-order valence-corrected chi connectivity index (χ0v) is 68.4. The van der Waals surface area contributed by atoms with E-state index in [2.05, 4.69) is 131 Å². The molecule has 3 N–H and O–H groups in total. The summed E-state index contributed by atoms with van der Waals surface area (Å²) in [4.78, 5) is 73.1. The Morgan fingerprint density at radius 2 is 0.509 bits per heavy atom. The van der Waals surface area contributed by atoms with E-state index in [4.69, 9.17) is 37.0 Å². The molecule has 0 aromatic carbocycles. The second-order valence-corrected chi connectivity index (χ2v) is 30.2. The Morgan fingerprint density at radius 1 is 0.274 bits per heavy atom. The van der Waals surface area contributed by atoms with Crippen molar-refractivity contribution in [1.29, 1.82) is 0 Å². The van der Waals surface area contributed by atoms with Gasteiger partial charge in [-0.3, -0.25) is 37.3 Å². The predicted octanol–water partition coefficient (Wildman–Crippen LogP) is 24.4. The Kier molecular flexibility index (Phi) is 74.8. The molecule has 0 heterocycles. The average Bonchev–Trinajstić information content (AvgIpc) is 0.909. The van der Waals surface area contributed by atoms with Crippen molar-refractivity contribution >= 4 is 39.5 Å². The van der Waals surface area contributed by atoms with Gasteiger partial charge in [-0.05, 0) is 103 Å². The Labute approximate surface area is 644 Å². The number of unbranched alkanes of at least 4 members (excludes halogenated alkanes) is 29. The SMILES string of the molecule is CC/C=C\C/C=C\C/C=C\C/C=C\C/C=C\C/C=C\CCC(=O)OCC(COP(=O)(O)OCC(O)COP(=O)(O)OCC(COC(=O)CCC/C=C\C/C=C\C/C=C\C/C=C\C/C=C\CC)OC(=O)CCCCCCCCCCCCCCCCC)OC(=O)CCCCCCCCCCCCCCCCC. The van der Waals surface area contributed by atoms with E-state index in [0.717, 1.165) is 116 Å². The fraction of sp³-hybridized carbons (Fsp3) is 0.701. The summed E-state index contributed by atoms with van der Waals surface area (Å²) in [5, 5.41) is 10.7. The summed E-state index contributed by atoms with van der Waals surface area (Å²) in [7, 11) is -9.99. The molecule has 5 unspecified atom stereocenters. The third-order valence-corrected chi connectivity index (χ3v) is 19.1. The summed E-state index contributed by atoms with van der Waals surface area (Å²) in [6, 6.07) is 0. The molecule has 0 aliphatic heterocycles. The van der Waals surface area contributed by atoms with Gasteiger partial charge in [-0.25, -0.2) is 9.13 Å². The van der Waals surface area contributed by atoms with Crippen molar-refractivity contribution in [3.05, 3.63) is 134 Å². The molecule has 0 aliphatic carbocycles. The van der Waals surface area contributed by atoms with E-state index in [1.165, 1.54) is 128 Å². The zero-order chi connectivity index (χ0) is 77.4. The van der Waals surface area contributed by atoms with Gasteiger partial charge in [0.25, 0.3) is 0 Å². The van der Waals surface area contributed by atoms with Crippen LogP contribution in [-0.2, 0) is 65.4 Å². The highest BCUT2D eigenvalue weighted by Gasteiger charge is 2.30. The number of ether oxygens (including phenoxy) is 4. The lowest BCUT2D eigenvalue weighted by Gasteiger charge is -2.21. The number of esters is 4. The summed E-state index contributed by atoms with van der Waals surface area (Å²) in [6.07, 6.45) is 88.7. The second-order valence-electron chi connectivity index (χ2n) is 27.3. The van der Waals surface area contributed by atoms with E-state index in [0.29, 0.717) is 38.5 Å². The molecule has 17 nitrogen and oxygen atoms in total. The molecule has 5 atom stereocenters. The van der Waals surface area contributed by atoms with Crippen LogP contribution in [0.25, 0.3) is 0 Å². The summed E-state index contributed by atoms with van der Waals surface area (Å²) >= 11 is 0. The van der Waals surface area contributed by atoms with Crippen LogP contribution in [0, 0.1) is 0 Å². The van der Waals surface area contributed by atoms with E-state index < -0.39 is 97.5 Å². The molecule has 0 amide bonds. The number of rotatable bonds is 77. The van der Waals surface area contributed by atoms with Crippen molar-refractivity contribution in [3.63, 3.8) is 0 Å². The summed E-state index contributed by atoms with van der Waals surface area (Å²) < 4.78 is 68.6. The molecular weight excluding hydrogens is 1380 g/mol. The monoisotopic (exact) mass is 1530 g/mol. The molecule has 0 rings (SSSR count).